The van der Waals surface area contributed by atoms with Crippen LogP contribution in [0.15, 0.2) is 17.0 Å². The summed E-state index contributed by atoms with van der Waals surface area (Å²) in [6, 6.07) is 0. The molecule has 0 aromatic carbocycles. The zero-order valence-electron chi connectivity index (χ0n) is 11.2. The number of hydrogen-bond donors (Lipinski definition) is 0. The molecule has 6 nitrogen and oxygen atoms in total. The maximum atomic E-state index is 12.6. The Hall–Kier alpha value is -1.84. The first-order valence-electron chi connectivity index (χ1n) is 5.78. The van der Waals surface area contributed by atoms with E-state index in [1.54, 1.807) is 14.0 Å². The summed E-state index contributed by atoms with van der Waals surface area (Å²) in [7, 11) is -2.17. The number of rotatable bonds is 4. The first-order valence-corrected chi connectivity index (χ1v) is 7.60. The minimum atomic E-state index is -4.75. The Morgan fingerprint density at radius 1 is 1.29 bits per heavy atom. The Bertz CT molecular complexity index is 746. The molecule has 0 atom stereocenters. The monoisotopic (exact) mass is 323 g/mol. The molecule has 2 rings (SSSR count). The number of hydrogen-bond acceptors (Lipinski definition) is 5. The van der Waals surface area contributed by atoms with Gasteiger partial charge in [0.05, 0.1) is 17.2 Å². The highest BCUT2D eigenvalue weighted by molar-refractivity contribution is 7.89. The van der Waals surface area contributed by atoms with Crippen molar-refractivity contribution in [2.75, 3.05) is 0 Å². The zero-order valence-corrected chi connectivity index (χ0v) is 12.0. The van der Waals surface area contributed by atoms with E-state index in [9.17, 15) is 21.6 Å². The van der Waals surface area contributed by atoms with Gasteiger partial charge < -0.3 is 4.52 Å². The average Bonchev–Trinajstić information content (AvgIpc) is 2.84. The Kier molecular flexibility index (Phi) is 3.83. The molecule has 0 bridgehead atoms. The molecule has 2 aromatic heterocycles. The molecule has 21 heavy (non-hydrogen) atoms. The number of sulfone groups is 1. The molecule has 2 heterocycles. The highest BCUT2D eigenvalue weighted by Gasteiger charge is 2.38. The van der Waals surface area contributed by atoms with Crippen LogP contribution in [-0.2, 0) is 34.6 Å². The van der Waals surface area contributed by atoms with Gasteiger partial charge in [0.2, 0.25) is 0 Å². The van der Waals surface area contributed by atoms with E-state index in [0.717, 1.165) is 0 Å². The van der Waals surface area contributed by atoms with Gasteiger partial charge in [0, 0.05) is 24.4 Å². The Labute approximate surface area is 118 Å². The fraction of sp³-hybridized carbons (Fsp3) is 0.455. The van der Waals surface area contributed by atoms with Crippen LogP contribution in [0.2, 0.25) is 0 Å². The number of nitrogens with zero attached hydrogens (tertiary/aromatic N) is 3. The zero-order chi connectivity index (χ0) is 15.8. The van der Waals surface area contributed by atoms with Crippen LogP contribution in [0.5, 0.6) is 0 Å². The van der Waals surface area contributed by atoms with E-state index in [1.807, 2.05) is 0 Å². The summed E-state index contributed by atoms with van der Waals surface area (Å²) < 4.78 is 67.6. The lowest BCUT2D eigenvalue weighted by atomic mass is 10.3. The first kappa shape index (κ1) is 15.5. The summed E-state index contributed by atoms with van der Waals surface area (Å²) in [5, 5.41) is 6.81. The quantitative estimate of drug-likeness (QED) is 0.858. The number of alkyl halides is 3. The van der Waals surface area contributed by atoms with Crippen LogP contribution in [0.25, 0.3) is 0 Å². The second-order valence-corrected chi connectivity index (χ2v) is 6.70. The van der Waals surface area contributed by atoms with Gasteiger partial charge in [-0.15, -0.1) is 0 Å². The third-order valence-corrected chi connectivity index (χ3v) is 4.28. The van der Waals surface area contributed by atoms with Gasteiger partial charge in [-0.3, -0.25) is 4.68 Å². The normalized spacial score (nSPS) is 12.8. The summed E-state index contributed by atoms with van der Waals surface area (Å²) in [6.07, 6.45) is -2.52. The SMILES string of the molecule is Cc1nn(C)cc1CS(=O)(=O)Cc1conc1C(F)(F)F. The lowest BCUT2D eigenvalue weighted by Gasteiger charge is -2.06. The topological polar surface area (TPSA) is 78.0 Å². The van der Waals surface area contributed by atoms with E-state index in [4.69, 9.17) is 0 Å². The predicted molar refractivity (Wildman–Crippen MR) is 65.8 cm³/mol. The van der Waals surface area contributed by atoms with Crippen molar-refractivity contribution in [2.24, 2.45) is 7.05 Å². The van der Waals surface area contributed by atoms with Crippen LogP contribution in [0, 0.1) is 6.92 Å². The van der Waals surface area contributed by atoms with E-state index in [-0.39, 0.29) is 0 Å². The predicted octanol–water partition coefficient (Wildman–Crippen LogP) is 1.85. The van der Waals surface area contributed by atoms with E-state index in [2.05, 4.69) is 14.8 Å². The summed E-state index contributed by atoms with van der Waals surface area (Å²) >= 11 is 0. The van der Waals surface area contributed by atoms with Gasteiger partial charge >= 0.3 is 6.18 Å². The number of aryl methyl sites for hydroxylation is 2. The lowest BCUT2D eigenvalue weighted by molar-refractivity contribution is -0.143. The summed E-state index contributed by atoms with van der Waals surface area (Å²) in [5.74, 6) is -1.19. The summed E-state index contributed by atoms with van der Waals surface area (Å²) in [4.78, 5) is 0. The van der Waals surface area contributed by atoms with Crippen molar-refractivity contribution < 1.29 is 26.1 Å². The molecule has 0 N–H and O–H groups in total. The molecule has 0 saturated carbocycles. The second-order valence-electron chi connectivity index (χ2n) is 4.63. The Morgan fingerprint density at radius 2 is 1.90 bits per heavy atom. The molecular formula is C11H12F3N3O3S. The summed E-state index contributed by atoms with van der Waals surface area (Å²) in [6.45, 7) is 1.63. The van der Waals surface area contributed by atoms with Gasteiger partial charge in [0.15, 0.2) is 15.5 Å². The molecule has 0 radical (unpaired) electrons. The maximum absolute atomic E-state index is 12.6. The van der Waals surface area contributed by atoms with Crippen molar-refractivity contribution in [3.8, 4) is 0 Å². The van der Waals surface area contributed by atoms with Crippen LogP contribution in [0.4, 0.5) is 13.2 Å². The van der Waals surface area contributed by atoms with Crippen LogP contribution in [-0.4, -0.2) is 23.4 Å². The average molecular weight is 323 g/mol. The molecule has 0 fully saturated rings. The third-order valence-electron chi connectivity index (χ3n) is 2.78. The molecule has 0 unspecified atom stereocenters. The van der Waals surface area contributed by atoms with Crippen LogP contribution in [0.3, 0.4) is 0 Å². The van der Waals surface area contributed by atoms with Gasteiger partial charge in [0.1, 0.15) is 6.26 Å². The molecule has 0 aliphatic heterocycles. The molecule has 116 valence electrons. The van der Waals surface area contributed by atoms with Crippen molar-refractivity contribution in [3.05, 3.63) is 35.0 Å². The largest absolute Gasteiger partial charge is 0.437 e. The van der Waals surface area contributed by atoms with E-state index >= 15 is 0 Å². The second kappa shape index (κ2) is 5.17. The van der Waals surface area contributed by atoms with Crippen molar-refractivity contribution in [2.45, 2.75) is 24.6 Å². The smallest absolute Gasteiger partial charge is 0.364 e. The minimum absolute atomic E-state index is 0.394. The number of halogens is 3. The van der Waals surface area contributed by atoms with Gasteiger partial charge in [-0.25, -0.2) is 8.42 Å². The molecule has 0 aliphatic rings. The van der Waals surface area contributed by atoms with Gasteiger partial charge in [0.25, 0.3) is 0 Å². The van der Waals surface area contributed by atoms with Crippen LogP contribution < -0.4 is 0 Å². The van der Waals surface area contributed by atoms with E-state index in [0.29, 0.717) is 17.5 Å². The molecule has 0 aliphatic carbocycles. The molecule has 2 aromatic rings. The first-order chi connectivity index (χ1) is 9.58. The molecular weight excluding hydrogens is 311 g/mol. The Morgan fingerprint density at radius 3 is 2.43 bits per heavy atom. The molecule has 10 heteroatoms. The summed E-state index contributed by atoms with van der Waals surface area (Å²) in [5.41, 5.74) is -0.844. The lowest BCUT2D eigenvalue weighted by Crippen LogP contribution is -2.13. The fourth-order valence-electron chi connectivity index (χ4n) is 1.91. The van der Waals surface area contributed by atoms with Gasteiger partial charge in [-0.1, -0.05) is 5.16 Å². The van der Waals surface area contributed by atoms with Crippen molar-refractivity contribution in [1.82, 2.24) is 14.9 Å². The minimum Gasteiger partial charge on any atom is -0.364 e. The maximum Gasteiger partial charge on any atom is 0.437 e. The number of aromatic nitrogens is 3. The van der Waals surface area contributed by atoms with Crippen molar-refractivity contribution in [1.29, 1.82) is 0 Å². The standard InChI is InChI=1S/C11H12F3N3O3S/c1-7-8(3-17(2)15-7)5-21(18,19)6-9-4-20-16-10(9)11(12,13)14/h3-4H,5-6H2,1-2H3. The fourth-order valence-corrected chi connectivity index (χ4v) is 3.45. The molecule has 0 spiro atoms. The van der Waals surface area contributed by atoms with Crippen LogP contribution in [0.1, 0.15) is 22.5 Å². The highest BCUT2D eigenvalue weighted by Crippen LogP contribution is 2.31. The van der Waals surface area contributed by atoms with Crippen molar-refractivity contribution >= 4 is 9.84 Å². The highest BCUT2D eigenvalue weighted by atomic mass is 32.2. The van der Waals surface area contributed by atoms with Crippen LogP contribution >= 0.6 is 0 Å². The van der Waals surface area contributed by atoms with Gasteiger partial charge in [-0.2, -0.15) is 18.3 Å². The van der Waals surface area contributed by atoms with E-state index in [1.165, 1.54) is 10.9 Å². The molecule has 0 saturated heterocycles. The Balaban J connectivity index is 2.23. The molecule has 0 amide bonds. The third kappa shape index (κ3) is 3.63. The van der Waals surface area contributed by atoms with Crippen molar-refractivity contribution in [3.63, 3.8) is 0 Å². The van der Waals surface area contributed by atoms with E-state index < -0.39 is 38.8 Å². The van der Waals surface area contributed by atoms with Gasteiger partial charge in [-0.05, 0) is 6.92 Å².